The van der Waals surface area contributed by atoms with E-state index in [2.05, 4.69) is 4.72 Å². The van der Waals surface area contributed by atoms with E-state index < -0.39 is 24.8 Å². The van der Waals surface area contributed by atoms with Gasteiger partial charge in [-0.15, -0.1) is 0 Å². The number of hydrogen-bond acceptors (Lipinski definition) is 7. The van der Waals surface area contributed by atoms with E-state index in [4.69, 9.17) is 5.73 Å². The van der Waals surface area contributed by atoms with Gasteiger partial charge in [-0.3, -0.25) is 10.1 Å². The molecule has 0 amide bonds. The van der Waals surface area contributed by atoms with Crippen LogP contribution in [0.4, 0.5) is 11.4 Å². The number of hydrogen-bond donors (Lipinski definition) is 2. The van der Waals surface area contributed by atoms with E-state index in [0.717, 1.165) is 24.5 Å². The lowest BCUT2D eigenvalue weighted by Gasteiger charge is -2.08. The van der Waals surface area contributed by atoms with Crippen molar-refractivity contribution in [1.82, 2.24) is 4.72 Å². The summed E-state index contributed by atoms with van der Waals surface area (Å²) in [6.45, 7) is -0.308. The predicted molar refractivity (Wildman–Crippen MR) is 72.4 cm³/mol. The Morgan fingerprint density at radius 2 is 1.90 bits per heavy atom. The van der Waals surface area contributed by atoms with Crippen molar-refractivity contribution in [2.75, 3.05) is 24.3 Å². The first-order valence-corrected chi connectivity index (χ1v) is 8.78. The van der Waals surface area contributed by atoms with Crippen LogP contribution in [0.1, 0.15) is 0 Å². The molecule has 112 valence electrons. The lowest BCUT2D eigenvalue weighted by Crippen LogP contribution is -2.29. The minimum absolute atomic E-state index is 0.286. The molecule has 3 N–H and O–H groups in total. The molecule has 0 aliphatic rings. The molecule has 0 atom stereocenters. The van der Waals surface area contributed by atoms with E-state index in [1.165, 1.54) is 0 Å². The number of anilines is 1. The van der Waals surface area contributed by atoms with Crippen LogP contribution in [0.15, 0.2) is 23.1 Å². The first-order chi connectivity index (χ1) is 9.03. The van der Waals surface area contributed by atoms with E-state index >= 15 is 0 Å². The summed E-state index contributed by atoms with van der Waals surface area (Å²) in [5, 5.41) is 10.5. The SMILES string of the molecule is CS(=O)(=O)CCNS(=O)(=O)c1ccc([N+](=O)[O-])cc1N. The molecule has 0 aliphatic heterocycles. The first-order valence-electron chi connectivity index (χ1n) is 5.24. The molecule has 0 unspecified atom stereocenters. The fraction of sp³-hybridized carbons (Fsp3) is 0.333. The van der Waals surface area contributed by atoms with Crippen molar-refractivity contribution in [3.63, 3.8) is 0 Å². The lowest BCUT2D eigenvalue weighted by molar-refractivity contribution is -0.384. The van der Waals surface area contributed by atoms with Crippen LogP contribution >= 0.6 is 0 Å². The number of nitrogens with one attached hydrogen (secondary N) is 1. The third-order valence-electron chi connectivity index (χ3n) is 2.26. The van der Waals surface area contributed by atoms with Crippen LogP contribution in [0.2, 0.25) is 0 Å². The minimum atomic E-state index is -4.02. The van der Waals surface area contributed by atoms with Crippen LogP contribution in [0.25, 0.3) is 0 Å². The second kappa shape index (κ2) is 5.73. The molecule has 0 saturated carbocycles. The molecule has 0 aliphatic carbocycles. The number of nitrogens with two attached hydrogens (primary N) is 1. The summed E-state index contributed by atoms with van der Waals surface area (Å²) in [5.41, 5.74) is 4.84. The highest BCUT2D eigenvalue weighted by atomic mass is 32.2. The summed E-state index contributed by atoms with van der Waals surface area (Å²) in [6.07, 6.45) is 0.974. The van der Waals surface area contributed by atoms with Gasteiger partial charge in [0, 0.05) is 24.9 Å². The van der Waals surface area contributed by atoms with E-state index in [-0.39, 0.29) is 28.6 Å². The summed E-state index contributed by atoms with van der Waals surface area (Å²) in [7, 11) is -7.32. The van der Waals surface area contributed by atoms with Gasteiger partial charge in [0.2, 0.25) is 10.0 Å². The lowest BCUT2D eigenvalue weighted by atomic mass is 10.3. The zero-order chi connectivity index (χ0) is 15.6. The monoisotopic (exact) mass is 323 g/mol. The number of non-ortho nitro benzene ring substituents is 1. The number of sulfone groups is 1. The normalized spacial score (nSPS) is 12.2. The van der Waals surface area contributed by atoms with Gasteiger partial charge in [-0.25, -0.2) is 21.6 Å². The number of sulfonamides is 1. The Bertz CT molecular complexity index is 726. The zero-order valence-electron chi connectivity index (χ0n) is 10.4. The Labute approximate surface area is 115 Å². The van der Waals surface area contributed by atoms with Gasteiger partial charge >= 0.3 is 0 Å². The molecule has 1 aromatic carbocycles. The standard InChI is InChI=1S/C9H13N3O6S2/c1-19(15,16)5-4-11-20(17,18)9-3-2-7(12(13)14)6-8(9)10/h2-3,6,11H,4-5,10H2,1H3. The number of benzene rings is 1. The number of nitro groups is 1. The number of nitrogens with zero attached hydrogens (tertiary/aromatic N) is 1. The molecular weight excluding hydrogens is 310 g/mol. The Balaban J connectivity index is 2.96. The van der Waals surface area contributed by atoms with Gasteiger partial charge in [0.1, 0.15) is 14.7 Å². The van der Waals surface area contributed by atoms with Crippen LogP contribution in [-0.4, -0.2) is 40.3 Å². The van der Waals surface area contributed by atoms with Crippen molar-refractivity contribution in [3.05, 3.63) is 28.3 Å². The van der Waals surface area contributed by atoms with Gasteiger partial charge < -0.3 is 5.73 Å². The quantitative estimate of drug-likeness (QED) is 0.407. The fourth-order valence-corrected chi connectivity index (χ4v) is 3.08. The molecule has 20 heavy (non-hydrogen) atoms. The van der Waals surface area contributed by atoms with E-state index in [1.54, 1.807) is 0 Å². The Hall–Kier alpha value is -1.72. The molecule has 11 heteroatoms. The van der Waals surface area contributed by atoms with Gasteiger partial charge in [-0.2, -0.15) is 0 Å². The van der Waals surface area contributed by atoms with Crippen molar-refractivity contribution >= 4 is 31.2 Å². The summed E-state index contributed by atoms with van der Waals surface area (Å²) >= 11 is 0. The number of nitro benzene ring substituents is 1. The average Bonchev–Trinajstić information content (AvgIpc) is 2.26. The molecular formula is C9H13N3O6S2. The van der Waals surface area contributed by atoms with Gasteiger partial charge in [0.25, 0.3) is 5.69 Å². The molecule has 9 nitrogen and oxygen atoms in total. The topological polar surface area (TPSA) is 149 Å². The third-order valence-corrected chi connectivity index (χ3v) is 4.74. The van der Waals surface area contributed by atoms with E-state index in [1.807, 2.05) is 0 Å². The Kier molecular flexibility index (Phi) is 4.68. The highest BCUT2D eigenvalue weighted by Gasteiger charge is 2.20. The molecule has 0 saturated heterocycles. The summed E-state index contributed by atoms with van der Waals surface area (Å²) in [5.74, 6) is -0.362. The van der Waals surface area contributed by atoms with Crippen LogP contribution in [0.5, 0.6) is 0 Å². The van der Waals surface area contributed by atoms with Crippen molar-refractivity contribution in [1.29, 1.82) is 0 Å². The predicted octanol–water partition coefficient (Wildman–Crippen LogP) is -0.500. The molecule has 0 bridgehead atoms. The maximum atomic E-state index is 11.9. The Morgan fingerprint density at radius 3 is 2.35 bits per heavy atom. The molecule has 0 fully saturated rings. The molecule has 1 rings (SSSR count). The van der Waals surface area contributed by atoms with Gasteiger partial charge in [0.05, 0.1) is 16.4 Å². The van der Waals surface area contributed by atoms with Crippen LogP contribution < -0.4 is 10.5 Å². The van der Waals surface area contributed by atoms with Crippen molar-refractivity contribution in [3.8, 4) is 0 Å². The first kappa shape index (κ1) is 16.3. The van der Waals surface area contributed by atoms with Gasteiger partial charge in [-0.05, 0) is 6.07 Å². The molecule has 1 aromatic rings. The number of nitrogen functional groups attached to an aromatic ring is 1. The molecule has 0 aromatic heterocycles. The van der Waals surface area contributed by atoms with Crippen LogP contribution in [0.3, 0.4) is 0 Å². The van der Waals surface area contributed by atoms with Crippen molar-refractivity contribution in [2.24, 2.45) is 0 Å². The number of rotatable bonds is 6. The summed E-state index contributed by atoms with van der Waals surface area (Å²) in [6, 6.07) is 2.92. The summed E-state index contributed by atoms with van der Waals surface area (Å²) < 4.78 is 47.6. The van der Waals surface area contributed by atoms with Crippen molar-refractivity contribution < 1.29 is 21.8 Å². The van der Waals surface area contributed by atoms with Crippen molar-refractivity contribution in [2.45, 2.75) is 4.90 Å². The van der Waals surface area contributed by atoms with E-state index in [0.29, 0.717) is 0 Å². The van der Waals surface area contributed by atoms with E-state index in [9.17, 15) is 26.9 Å². The maximum absolute atomic E-state index is 11.9. The summed E-state index contributed by atoms with van der Waals surface area (Å²) in [4.78, 5) is 9.47. The Morgan fingerprint density at radius 1 is 1.30 bits per heavy atom. The fourth-order valence-electron chi connectivity index (χ4n) is 1.33. The highest BCUT2D eigenvalue weighted by molar-refractivity contribution is 7.91. The van der Waals surface area contributed by atoms with Crippen LogP contribution in [-0.2, 0) is 19.9 Å². The largest absolute Gasteiger partial charge is 0.397 e. The second-order valence-electron chi connectivity index (χ2n) is 4.01. The zero-order valence-corrected chi connectivity index (χ0v) is 12.1. The third kappa shape index (κ3) is 4.43. The molecule has 0 spiro atoms. The maximum Gasteiger partial charge on any atom is 0.271 e. The van der Waals surface area contributed by atoms with Gasteiger partial charge in [0.15, 0.2) is 0 Å². The van der Waals surface area contributed by atoms with Crippen LogP contribution in [0, 0.1) is 10.1 Å². The molecule has 0 heterocycles. The minimum Gasteiger partial charge on any atom is -0.397 e. The van der Waals surface area contributed by atoms with Gasteiger partial charge in [-0.1, -0.05) is 0 Å². The average molecular weight is 323 g/mol. The highest BCUT2D eigenvalue weighted by Crippen LogP contribution is 2.23. The second-order valence-corrected chi connectivity index (χ2v) is 8.00. The smallest absolute Gasteiger partial charge is 0.271 e. The molecule has 0 radical (unpaired) electrons.